The largest absolute Gasteiger partial charge is 0.467 e. The third-order valence-corrected chi connectivity index (χ3v) is 8.20. The third kappa shape index (κ3) is 5.79. The highest BCUT2D eigenvalue weighted by Crippen LogP contribution is 2.49. The molecule has 2 aromatic heterocycles. The minimum atomic E-state index is -0.704. The van der Waals surface area contributed by atoms with E-state index in [9.17, 15) is 14.0 Å². The summed E-state index contributed by atoms with van der Waals surface area (Å²) in [6.07, 6.45) is 1.52. The van der Waals surface area contributed by atoms with Gasteiger partial charge in [-0.1, -0.05) is 44.5 Å². The lowest BCUT2D eigenvalue weighted by Gasteiger charge is -2.25. The summed E-state index contributed by atoms with van der Waals surface area (Å²) < 4.78 is 36.3. The predicted octanol–water partition coefficient (Wildman–Crippen LogP) is 6.14. The van der Waals surface area contributed by atoms with Crippen LogP contribution in [0.2, 0.25) is 0 Å². The van der Waals surface area contributed by atoms with Crippen molar-refractivity contribution in [2.75, 3.05) is 17.2 Å². The SMILES string of the molecule is Cc1ccc(-n2nc(C(C)(C)C)c3c2N(CC(=O)NCc2ccco2)C(=O)CS[C@H]3c2ccc(F)cc2F)c(C)c1. The quantitative estimate of drug-likeness (QED) is 0.297. The van der Waals surface area contributed by atoms with Crippen molar-refractivity contribution in [3.63, 3.8) is 0 Å². The zero-order chi connectivity index (χ0) is 29.5. The molecule has 5 rings (SSSR count). The molecule has 0 radical (unpaired) electrons. The predicted molar refractivity (Wildman–Crippen MR) is 155 cm³/mol. The van der Waals surface area contributed by atoms with E-state index in [1.165, 1.54) is 35.1 Å². The number of nitrogens with one attached hydrogen (secondary N) is 1. The number of thioether (sulfide) groups is 1. The van der Waals surface area contributed by atoms with Crippen molar-refractivity contribution in [2.45, 2.75) is 51.8 Å². The summed E-state index contributed by atoms with van der Waals surface area (Å²) in [6, 6.07) is 12.9. The number of benzene rings is 2. The number of nitrogens with zero attached hydrogens (tertiary/aromatic N) is 3. The van der Waals surface area contributed by atoms with Crippen LogP contribution in [-0.4, -0.2) is 33.9 Å². The summed E-state index contributed by atoms with van der Waals surface area (Å²) in [5, 5.41) is 7.18. The van der Waals surface area contributed by atoms with Crippen LogP contribution >= 0.6 is 11.8 Å². The van der Waals surface area contributed by atoms with Gasteiger partial charge >= 0.3 is 0 Å². The molecule has 2 aromatic carbocycles. The molecule has 0 saturated heterocycles. The second-order valence-electron chi connectivity index (χ2n) is 11.2. The van der Waals surface area contributed by atoms with Gasteiger partial charge in [0.15, 0.2) is 0 Å². The van der Waals surface area contributed by atoms with Crippen LogP contribution < -0.4 is 10.2 Å². The van der Waals surface area contributed by atoms with Crippen LogP contribution in [0.25, 0.3) is 5.69 Å². The molecule has 10 heteroatoms. The Kier molecular flexibility index (Phi) is 7.78. The number of aryl methyl sites for hydroxylation is 2. The summed E-state index contributed by atoms with van der Waals surface area (Å²) in [4.78, 5) is 28.4. The van der Waals surface area contributed by atoms with Crippen LogP contribution in [0.15, 0.2) is 59.2 Å². The standard InChI is InChI=1S/C31H32F2N4O3S/c1-18-8-11-24(19(2)13-18)37-30-27(29(35-37)31(3,4)5)28(22-10-9-20(32)14-23(22)33)41-17-26(39)36(30)16-25(38)34-15-21-7-6-12-40-21/h6-14,28H,15-17H2,1-5H3,(H,34,38)/t28-/m0/s1. The molecule has 1 aliphatic rings. The second kappa shape index (κ2) is 11.2. The number of rotatable bonds is 6. The van der Waals surface area contributed by atoms with Gasteiger partial charge < -0.3 is 9.73 Å². The fourth-order valence-corrected chi connectivity index (χ4v) is 6.26. The first-order chi connectivity index (χ1) is 19.4. The molecule has 0 aliphatic carbocycles. The first-order valence-electron chi connectivity index (χ1n) is 13.3. The number of anilines is 1. The number of furan rings is 1. The highest BCUT2D eigenvalue weighted by Gasteiger charge is 2.40. The lowest BCUT2D eigenvalue weighted by Crippen LogP contribution is -2.42. The van der Waals surface area contributed by atoms with E-state index in [0.717, 1.165) is 22.9 Å². The summed E-state index contributed by atoms with van der Waals surface area (Å²) in [7, 11) is 0. The van der Waals surface area contributed by atoms with Crippen LogP contribution in [0, 0.1) is 25.5 Å². The van der Waals surface area contributed by atoms with Crippen LogP contribution in [0.3, 0.4) is 0 Å². The number of halogens is 2. The van der Waals surface area contributed by atoms with Gasteiger partial charge in [0.05, 0.1) is 35.2 Å². The summed E-state index contributed by atoms with van der Waals surface area (Å²) in [5.41, 5.74) is 3.74. The van der Waals surface area contributed by atoms with Crippen molar-refractivity contribution in [1.29, 1.82) is 0 Å². The molecule has 4 aromatic rings. The molecule has 214 valence electrons. The topological polar surface area (TPSA) is 80.4 Å². The Hall–Kier alpha value is -3.92. The molecule has 0 spiro atoms. The van der Waals surface area contributed by atoms with Gasteiger partial charge in [-0.15, -0.1) is 11.8 Å². The van der Waals surface area contributed by atoms with E-state index in [1.807, 2.05) is 52.8 Å². The van der Waals surface area contributed by atoms with E-state index in [1.54, 1.807) is 16.8 Å². The zero-order valence-corrected chi connectivity index (χ0v) is 24.4. The van der Waals surface area contributed by atoms with Crippen molar-refractivity contribution in [1.82, 2.24) is 15.1 Å². The van der Waals surface area contributed by atoms with Crippen molar-refractivity contribution in [3.05, 3.63) is 100 Å². The van der Waals surface area contributed by atoms with Gasteiger partial charge in [-0.3, -0.25) is 14.5 Å². The molecule has 0 bridgehead atoms. The maximum absolute atomic E-state index is 15.3. The third-order valence-electron chi connectivity index (χ3n) is 6.97. The van der Waals surface area contributed by atoms with Gasteiger partial charge in [-0.25, -0.2) is 13.5 Å². The fourth-order valence-electron chi connectivity index (χ4n) is 5.04. The Morgan fingerprint density at radius 2 is 1.93 bits per heavy atom. The number of hydrogen-bond acceptors (Lipinski definition) is 5. The number of carbonyl (C=O) groups is 2. The van der Waals surface area contributed by atoms with Crippen LogP contribution in [-0.2, 0) is 21.5 Å². The Morgan fingerprint density at radius 3 is 2.59 bits per heavy atom. The normalized spacial score (nSPS) is 15.5. The highest BCUT2D eigenvalue weighted by atomic mass is 32.2. The molecule has 0 fully saturated rings. The molecule has 1 atom stereocenters. The van der Waals surface area contributed by atoms with E-state index < -0.39 is 22.3 Å². The Morgan fingerprint density at radius 1 is 1.15 bits per heavy atom. The molecule has 1 N–H and O–H groups in total. The highest BCUT2D eigenvalue weighted by molar-refractivity contribution is 8.00. The molecular weight excluding hydrogens is 546 g/mol. The van der Waals surface area contributed by atoms with E-state index in [-0.39, 0.29) is 36.2 Å². The number of aromatic nitrogens is 2. The minimum Gasteiger partial charge on any atom is -0.467 e. The van der Waals surface area contributed by atoms with Crippen molar-refractivity contribution >= 4 is 29.4 Å². The van der Waals surface area contributed by atoms with E-state index in [2.05, 4.69) is 5.32 Å². The Bertz CT molecular complexity index is 1610. The van der Waals surface area contributed by atoms with Gasteiger partial charge in [-0.2, -0.15) is 5.10 Å². The summed E-state index contributed by atoms with van der Waals surface area (Å²) in [5.74, 6) is -1.12. The number of amides is 2. The van der Waals surface area contributed by atoms with Crippen molar-refractivity contribution in [2.24, 2.45) is 0 Å². The molecule has 3 heterocycles. The van der Waals surface area contributed by atoms with Gasteiger partial charge in [0, 0.05) is 22.6 Å². The Labute approximate surface area is 241 Å². The van der Waals surface area contributed by atoms with E-state index in [4.69, 9.17) is 9.52 Å². The Balaban J connectivity index is 1.71. The molecule has 41 heavy (non-hydrogen) atoms. The first-order valence-corrected chi connectivity index (χ1v) is 14.4. The molecule has 2 amide bonds. The van der Waals surface area contributed by atoms with Crippen molar-refractivity contribution < 1.29 is 22.8 Å². The van der Waals surface area contributed by atoms with Crippen LogP contribution in [0.1, 0.15) is 59.7 Å². The number of fused-ring (bicyclic) bond motifs is 1. The van der Waals surface area contributed by atoms with Crippen molar-refractivity contribution in [3.8, 4) is 5.69 Å². The van der Waals surface area contributed by atoms with Gasteiger partial charge in [0.25, 0.3) is 0 Å². The molecular formula is C31H32F2N4O3S. The lowest BCUT2D eigenvalue weighted by atomic mass is 9.87. The summed E-state index contributed by atoms with van der Waals surface area (Å²) in [6.45, 7) is 9.84. The fraction of sp³-hybridized carbons (Fsp3) is 0.323. The number of carbonyl (C=O) groups excluding carboxylic acids is 2. The number of hydrogen-bond donors (Lipinski definition) is 1. The second-order valence-corrected chi connectivity index (χ2v) is 12.3. The average molecular weight is 579 g/mol. The first kappa shape index (κ1) is 28.6. The monoisotopic (exact) mass is 578 g/mol. The smallest absolute Gasteiger partial charge is 0.240 e. The maximum Gasteiger partial charge on any atom is 0.240 e. The molecule has 0 saturated carbocycles. The molecule has 1 aliphatic heterocycles. The van der Waals surface area contributed by atoms with Gasteiger partial charge in [-0.05, 0) is 43.7 Å². The molecule has 7 nitrogen and oxygen atoms in total. The maximum atomic E-state index is 15.3. The van der Waals surface area contributed by atoms with E-state index >= 15 is 4.39 Å². The lowest BCUT2D eigenvalue weighted by molar-refractivity contribution is -0.123. The van der Waals surface area contributed by atoms with E-state index in [0.29, 0.717) is 22.8 Å². The molecule has 0 unspecified atom stereocenters. The van der Waals surface area contributed by atoms with Gasteiger partial charge in [0.1, 0.15) is 29.8 Å². The minimum absolute atomic E-state index is 0.0158. The zero-order valence-electron chi connectivity index (χ0n) is 23.6. The van der Waals surface area contributed by atoms with Crippen LogP contribution in [0.5, 0.6) is 0 Å². The van der Waals surface area contributed by atoms with Crippen LogP contribution in [0.4, 0.5) is 14.6 Å². The van der Waals surface area contributed by atoms with Gasteiger partial charge in [0.2, 0.25) is 11.8 Å². The summed E-state index contributed by atoms with van der Waals surface area (Å²) >= 11 is 1.24. The average Bonchev–Trinajstić information content (AvgIpc) is 3.53.